The summed E-state index contributed by atoms with van der Waals surface area (Å²) < 4.78 is 8.54. The summed E-state index contributed by atoms with van der Waals surface area (Å²) in [6.45, 7) is 0.447. The lowest BCUT2D eigenvalue weighted by atomic mass is 10.3. The van der Waals surface area contributed by atoms with Crippen molar-refractivity contribution in [3.63, 3.8) is 0 Å². The number of hydrogen-bond acceptors (Lipinski definition) is 2. The molecule has 0 radical (unpaired) electrons. The Morgan fingerprint density at radius 1 is 0.950 bits per heavy atom. The summed E-state index contributed by atoms with van der Waals surface area (Å²) >= 11 is 3.46. The first kappa shape index (κ1) is 12.9. The quantitative estimate of drug-likeness (QED) is 0.717. The summed E-state index contributed by atoms with van der Waals surface area (Å²) in [4.78, 5) is 0. The van der Waals surface area contributed by atoms with Crippen LogP contribution in [0.5, 0.6) is 5.75 Å². The highest BCUT2D eigenvalue weighted by Crippen LogP contribution is 2.24. The highest BCUT2D eigenvalue weighted by Gasteiger charge is 2.03. The molecule has 100 valence electrons. The Bertz CT molecular complexity index is 694. The minimum Gasteiger partial charge on any atom is -0.486 e. The van der Waals surface area contributed by atoms with Crippen LogP contribution in [0.1, 0.15) is 5.69 Å². The fourth-order valence-electron chi connectivity index (χ4n) is 1.88. The number of benzene rings is 2. The number of ether oxygens (including phenoxy) is 1. The topological polar surface area (TPSA) is 27.1 Å². The van der Waals surface area contributed by atoms with Gasteiger partial charge in [-0.15, -0.1) is 0 Å². The molecule has 0 fully saturated rings. The molecule has 0 spiro atoms. The van der Waals surface area contributed by atoms with E-state index in [1.165, 1.54) is 0 Å². The predicted molar refractivity (Wildman–Crippen MR) is 82.0 cm³/mol. The molecule has 0 N–H and O–H groups in total. The lowest BCUT2D eigenvalue weighted by Gasteiger charge is -2.06. The van der Waals surface area contributed by atoms with Crippen LogP contribution in [0.25, 0.3) is 5.69 Å². The number of rotatable bonds is 4. The smallest absolute Gasteiger partial charge is 0.134 e. The standard InChI is InChI=1S/C16H13BrN2O/c17-15-8-4-5-9-16(15)20-12-13-10-11-19(18-13)14-6-2-1-3-7-14/h1-11H,12H2. The Kier molecular flexibility index (Phi) is 3.83. The van der Waals surface area contributed by atoms with Crippen molar-refractivity contribution in [2.45, 2.75) is 6.61 Å². The lowest BCUT2D eigenvalue weighted by molar-refractivity contribution is 0.298. The monoisotopic (exact) mass is 328 g/mol. The van der Waals surface area contributed by atoms with Crippen LogP contribution in [0.4, 0.5) is 0 Å². The molecule has 0 saturated carbocycles. The van der Waals surface area contributed by atoms with Gasteiger partial charge in [-0.05, 0) is 46.3 Å². The van der Waals surface area contributed by atoms with Crippen LogP contribution in [0.3, 0.4) is 0 Å². The first-order valence-electron chi connectivity index (χ1n) is 6.30. The second-order valence-corrected chi connectivity index (χ2v) is 5.16. The van der Waals surface area contributed by atoms with Crippen molar-refractivity contribution in [1.29, 1.82) is 0 Å². The normalized spacial score (nSPS) is 10.4. The van der Waals surface area contributed by atoms with Crippen LogP contribution in [0.15, 0.2) is 71.3 Å². The minimum absolute atomic E-state index is 0.447. The zero-order valence-electron chi connectivity index (χ0n) is 10.7. The van der Waals surface area contributed by atoms with Crippen LogP contribution >= 0.6 is 15.9 Å². The van der Waals surface area contributed by atoms with E-state index in [2.05, 4.69) is 21.0 Å². The third kappa shape index (κ3) is 2.91. The van der Waals surface area contributed by atoms with Crippen LogP contribution in [0.2, 0.25) is 0 Å². The number of nitrogens with zero attached hydrogens (tertiary/aromatic N) is 2. The third-order valence-corrected chi connectivity index (χ3v) is 3.53. The largest absolute Gasteiger partial charge is 0.486 e. The number of hydrogen-bond donors (Lipinski definition) is 0. The van der Waals surface area contributed by atoms with Crippen LogP contribution in [0, 0.1) is 0 Å². The third-order valence-electron chi connectivity index (χ3n) is 2.88. The maximum absolute atomic E-state index is 5.75. The van der Waals surface area contributed by atoms with Gasteiger partial charge in [-0.2, -0.15) is 5.10 Å². The molecule has 3 nitrogen and oxygen atoms in total. The Morgan fingerprint density at radius 3 is 2.50 bits per heavy atom. The van der Waals surface area contributed by atoms with Gasteiger partial charge in [0.1, 0.15) is 18.1 Å². The van der Waals surface area contributed by atoms with Gasteiger partial charge >= 0.3 is 0 Å². The Hall–Kier alpha value is -2.07. The summed E-state index contributed by atoms with van der Waals surface area (Å²) in [5.74, 6) is 0.821. The van der Waals surface area contributed by atoms with Crippen molar-refractivity contribution in [3.8, 4) is 11.4 Å². The molecule has 0 amide bonds. The molecule has 3 aromatic rings. The average Bonchev–Trinajstić information content (AvgIpc) is 2.96. The van der Waals surface area contributed by atoms with Gasteiger partial charge in [-0.1, -0.05) is 30.3 Å². The van der Waals surface area contributed by atoms with Crippen molar-refractivity contribution >= 4 is 15.9 Å². The van der Waals surface area contributed by atoms with E-state index >= 15 is 0 Å². The Morgan fingerprint density at radius 2 is 1.70 bits per heavy atom. The molecule has 1 heterocycles. The first-order valence-corrected chi connectivity index (χ1v) is 7.09. The number of halogens is 1. The molecular weight excluding hydrogens is 316 g/mol. The van der Waals surface area contributed by atoms with Crippen molar-refractivity contribution in [2.24, 2.45) is 0 Å². The zero-order chi connectivity index (χ0) is 13.8. The van der Waals surface area contributed by atoms with Gasteiger partial charge < -0.3 is 4.74 Å². The van der Waals surface area contributed by atoms with Gasteiger partial charge in [0, 0.05) is 6.20 Å². The van der Waals surface area contributed by atoms with E-state index in [0.717, 1.165) is 21.6 Å². The van der Waals surface area contributed by atoms with Crippen LogP contribution in [-0.4, -0.2) is 9.78 Å². The molecule has 0 aliphatic rings. The van der Waals surface area contributed by atoms with Crippen molar-refractivity contribution in [3.05, 3.63) is 77.0 Å². The van der Waals surface area contributed by atoms with E-state index in [1.54, 1.807) is 0 Å². The van der Waals surface area contributed by atoms with E-state index in [1.807, 2.05) is 71.5 Å². The molecule has 2 aromatic carbocycles. The van der Waals surface area contributed by atoms with Crippen molar-refractivity contribution < 1.29 is 4.74 Å². The summed E-state index contributed by atoms with van der Waals surface area (Å²) in [6.07, 6.45) is 1.94. The van der Waals surface area contributed by atoms with Gasteiger partial charge in [-0.3, -0.25) is 0 Å². The fraction of sp³-hybridized carbons (Fsp3) is 0.0625. The zero-order valence-corrected chi connectivity index (χ0v) is 12.3. The van der Waals surface area contributed by atoms with E-state index in [4.69, 9.17) is 4.74 Å². The first-order chi connectivity index (χ1) is 9.83. The number of para-hydroxylation sites is 2. The van der Waals surface area contributed by atoms with Crippen molar-refractivity contribution in [2.75, 3.05) is 0 Å². The number of aromatic nitrogens is 2. The molecular formula is C16H13BrN2O. The Balaban J connectivity index is 1.71. The van der Waals surface area contributed by atoms with Gasteiger partial charge in [0.2, 0.25) is 0 Å². The highest BCUT2D eigenvalue weighted by molar-refractivity contribution is 9.10. The van der Waals surface area contributed by atoms with E-state index in [-0.39, 0.29) is 0 Å². The van der Waals surface area contributed by atoms with E-state index < -0.39 is 0 Å². The van der Waals surface area contributed by atoms with Gasteiger partial charge in [-0.25, -0.2) is 4.68 Å². The molecule has 0 aliphatic heterocycles. The fourth-order valence-corrected chi connectivity index (χ4v) is 2.28. The molecule has 0 bridgehead atoms. The SMILES string of the molecule is Brc1ccccc1OCc1ccn(-c2ccccc2)n1. The molecule has 0 unspecified atom stereocenters. The van der Waals surface area contributed by atoms with Crippen molar-refractivity contribution in [1.82, 2.24) is 9.78 Å². The maximum Gasteiger partial charge on any atom is 0.134 e. The lowest BCUT2D eigenvalue weighted by Crippen LogP contribution is -1.99. The molecule has 1 aromatic heterocycles. The molecule has 4 heteroatoms. The molecule has 0 saturated heterocycles. The summed E-state index contributed by atoms with van der Waals surface area (Å²) in [7, 11) is 0. The average molecular weight is 329 g/mol. The van der Waals surface area contributed by atoms with Gasteiger partial charge in [0.15, 0.2) is 0 Å². The van der Waals surface area contributed by atoms with E-state index in [9.17, 15) is 0 Å². The maximum atomic E-state index is 5.75. The highest BCUT2D eigenvalue weighted by atomic mass is 79.9. The van der Waals surface area contributed by atoms with Crippen LogP contribution < -0.4 is 4.74 Å². The van der Waals surface area contributed by atoms with Gasteiger partial charge in [0.05, 0.1) is 10.2 Å². The molecule has 20 heavy (non-hydrogen) atoms. The summed E-state index contributed by atoms with van der Waals surface area (Å²) in [5, 5.41) is 4.50. The van der Waals surface area contributed by atoms with E-state index in [0.29, 0.717) is 6.61 Å². The molecule has 0 atom stereocenters. The second kappa shape index (κ2) is 5.92. The summed E-state index contributed by atoms with van der Waals surface area (Å²) in [6, 6.07) is 19.8. The Labute approximate surface area is 125 Å². The summed E-state index contributed by atoms with van der Waals surface area (Å²) in [5.41, 5.74) is 1.93. The van der Waals surface area contributed by atoms with Crippen LogP contribution in [-0.2, 0) is 6.61 Å². The van der Waals surface area contributed by atoms with Gasteiger partial charge in [0.25, 0.3) is 0 Å². The molecule has 0 aliphatic carbocycles. The minimum atomic E-state index is 0.447. The molecule has 3 rings (SSSR count). The predicted octanol–water partition coefficient (Wildman–Crippen LogP) is 4.21. The second-order valence-electron chi connectivity index (χ2n) is 4.31.